The van der Waals surface area contributed by atoms with Crippen LogP contribution in [0.15, 0.2) is 187 Å². The monoisotopic (exact) mass is 679 g/mol. The van der Waals surface area contributed by atoms with Crippen LogP contribution in [0.2, 0.25) is 0 Å². The van der Waals surface area contributed by atoms with Gasteiger partial charge in [0.25, 0.3) is 5.99 Å². The van der Waals surface area contributed by atoms with Gasteiger partial charge in [-0.05, 0) is 104 Å². The fraction of sp³-hybridized carbons (Fsp3) is 0. The molecule has 0 saturated heterocycles. The van der Waals surface area contributed by atoms with Gasteiger partial charge in [-0.2, -0.15) is 11.6 Å². The number of rotatable bonds is 4. The molecule has 52 heavy (non-hydrogen) atoms. The number of benzene rings is 8. The SMILES string of the molecule is c1ccc(-c2ccccc2-c2cc3c4c(c2)-c2ccccc2SB4c2cc(-c4cccc(-n5c6ccccc6c6ccccc65)c4)ccc2O3)cc1. The minimum Gasteiger partial charge on any atom is -0.458 e. The Kier molecular flexibility index (Phi) is 6.62. The van der Waals surface area contributed by atoms with Crippen molar-refractivity contribution in [1.29, 1.82) is 0 Å². The Bertz CT molecular complexity index is 2820. The number of hydrogen-bond acceptors (Lipinski definition) is 2. The van der Waals surface area contributed by atoms with Crippen LogP contribution >= 0.6 is 11.6 Å². The van der Waals surface area contributed by atoms with Crippen molar-refractivity contribution >= 4 is 50.3 Å². The lowest BCUT2D eigenvalue weighted by Crippen LogP contribution is -2.46. The maximum Gasteiger partial charge on any atom is 0.289 e. The van der Waals surface area contributed by atoms with Crippen LogP contribution in [0.25, 0.3) is 72.0 Å². The van der Waals surface area contributed by atoms with E-state index in [0.717, 1.165) is 22.7 Å². The van der Waals surface area contributed by atoms with E-state index in [-0.39, 0.29) is 5.99 Å². The summed E-state index contributed by atoms with van der Waals surface area (Å²) < 4.78 is 9.29. The zero-order valence-corrected chi connectivity index (χ0v) is 29.0. The molecule has 0 unspecified atom stereocenters. The van der Waals surface area contributed by atoms with Crippen LogP contribution in [0.5, 0.6) is 11.5 Å². The first-order chi connectivity index (χ1) is 25.8. The second kappa shape index (κ2) is 11.7. The van der Waals surface area contributed by atoms with Gasteiger partial charge in [-0.25, -0.2) is 0 Å². The molecule has 1 aromatic heterocycles. The molecule has 2 aliphatic heterocycles. The van der Waals surface area contributed by atoms with Crippen LogP contribution < -0.4 is 15.7 Å². The molecule has 0 amide bonds. The standard InChI is InChI=1S/C48H30BNOS/c1-2-13-31(14-3-1)36-17-4-5-18-37(36)34-28-41-40-21-8-11-24-47(40)52-49-42-29-33(25-26-45(42)51-46(30-34)48(41)49)32-15-12-16-35(27-32)50-43-22-9-6-19-38(43)39-20-7-10-23-44(39)50/h1-30H. The molecular weight excluding hydrogens is 649 g/mol. The lowest BCUT2D eigenvalue weighted by atomic mass is 9.57. The number of fused-ring (bicyclic) bond motifs is 7. The molecule has 242 valence electrons. The summed E-state index contributed by atoms with van der Waals surface area (Å²) in [6.07, 6.45) is 0. The van der Waals surface area contributed by atoms with Gasteiger partial charge < -0.3 is 9.30 Å². The molecule has 0 aliphatic carbocycles. The third-order valence-electron chi connectivity index (χ3n) is 10.7. The summed E-state index contributed by atoms with van der Waals surface area (Å²) in [6, 6.07) is 65.9. The quantitative estimate of drug-likeness (QED) is 0.172. The third-order valence-corrected chi connectivity index (χ3v) is 12.0. The van der Waals surface area contributed by atoms with Gasteiger partial charge in [-0.3, -0.25) is 0 Å². The van der Waals surface area contributed by atoms with Crippen molar-refractivity contribution in [1.82, 2.24) is 4.57 Å². The average molecular weight is 680 g/mol. The van der Waals surface area contributed by atoms with E-state index in [1.165, 1.54) is 76.6 Å². The summed E-state index contributed by atoms with van der Waals surface area (Å²) in [6.45, 7) is 0. The van der Waals surface area contributed by atoms with Gasteiger partial charge in [0, 0.05) is 21.4 Å². The molecule has 2 nitrogen and oxygen atoms in total. The third kappa shape index (κ3) is 4.54. The van der Waals surface area contributed by atoms with Crippen LogP contribution in [0.4, 0.5) is 0 Å². The van der Waals surface area contributed by atoms with E-state index in [9.17, 15) is 0 Å². The normalized spacial score (nSPS) is 12.7. The highest BCUT2D eigenvalue weighted by molar-refractivity contribution is 8.28. The first kappa shape index (κ1) is 29.5. The van der Waals surface area contributed by atoms with Gasteiger partial charge in [0.15, 0.2) is 0 Å². The largest absolute Gasteiger partial charge is 0.458 e. The Morgan fingerprint density at radius 2 is 1.06 bits per heavy atom. The number of aromatic nitrogens is 1. The molecule has 0 saturated carbocycles. The first-order valence-corrected chi connectivity index (χ1v) is 18.7. The summed E-state index contributed by atoms with van der Waals surface area (Å²) >= 11 is 1.93. The Hall–Kier alpha value is -6.23. The van der Waals surface area contributed by atoms with E-state index in [1.54, 1.807) is 0 Å². The zero-order chi connectivity index (χ0) is 34.2. The van der Waals surface area contributed by atoms with E-state index >= 15 is 0 Å². The number of nitrogens with zero attached hydrogens (tertiary/aromatic N) is 1. The molecule has 11 rings (SSSR count). The van der Waals surface area contributed by atoms with Crippen molar-refractivity contribution in [2.24, 2.45) is 0 Å². The highest BCUT2D eigenvalue weighted by Gasteiger charge is 2.39. The first-order valence-electron chi connectivity index (χ1n) is 17.8. The predicted molar refractivity (Wildman–Crippen MR) is 220 cm³/mol. The van der Waals surface area contributed by atoms with Crippen LogP contribution in [-0.4, -0.2) is 10.6 Å². The smallest absolute Gasteiger partial charge is 0.289 e. The highest BCUT2D eigenvalue weighted by Crippen LogP contribution is 2.46. The Morgan fingerprint density at radius 1 is 0.423 bits per heavy atom. The van der Waals surface area contributed by atoms with Crippen LogP contribution in [-0.2, 0) is 0 Å². The van der Waals surface area contributed by atoms with E-state index in [4.69, 9.17) is 4.74 Å². The molecule has 0 spiro atoms. The molecule has 8 aromatic carbocycles. The van der Waals surface area contributed by atoms with Gasteiger partial charge >= 0.3 is 0 Å². The molecular formula is C48H30BNOS. The minimum atomic E-state index is 0.113. The number of hydrogen-bond donors (Lipinski definition) is 0. The van der Waals surface area contributed by atoms with Gasteiger partial charge in [0.1, 0.15) is 11.5 Å². The van der Waals surface area contributed by atoms with Crippen molar-refractivity contribution in [2.45, 2.75) is 4.90 Å². The summed E-state index contributed by atoms with van der Waals surface area (Å²) in [5, 5.41) is 2.54. The summed E-state index contributed by atoms with van der Waals surface area (Å²) in [7, 11) is 0. The second-order valence-electron chi connectivity index (χ2n) is 13.6. The average Bonchev–Trinajstić information content (AvgIpc) is 3.55. The summed E-state index contributed by atoms with van der Waals surface area (Å²) in [4.78, 5) is 1.30. The van der Waals surface area contributed by atoms with E-state index in [0.29, 0.717) is 0 Å². The highest BCUT2D eigenvalue weighted by atomic mass is 32.2. The van der Waals surface area contributed by atoms with E-state index < -0.39 is 0 Å². The van der Waals surface area contributed by atoms with Crippen molar-refractivity contribution in [2.75, 3.05) is 0 Å². The summed E-state index contributed by atoms with van der Waals surface area (Å²) in [5.41, 5.74) is 15.7. The Morgan fingerprint density at radius 3 is 1.85 bits per heavy atom. The molecule has 4 heteroatoms. The minimum absolute atomic E-state index is 0.113. The lowest BCUT2D eigenvalue weighted by Gasteiger charge is -2.33. The molecule has 0 bridgehead atoms. The van der Waals surface area contributed by atoms with Gasteiger partial charge in [0.2, 0.25) is 0 Å². The van der Waals surface area contributed by atoms with Crippen molar-refractivity contribution < 1.29 is 4.74 Å². The molecule has 0 atom stereocenters. The van der Waals surface area contributed by atoms with Gasteiger partial charge in [-0.1, -0.05) is 133 Å². The van der Waals surface area contributed by atoms with Crippen LogP contribution in [0.1, 0.15) is 0 Å². The molecule has 3 heterocycles. The molecule has 9 aromatic rings. The number of ether oxygens (including phenoxy) is 1. The maximum atomic E-state index is 6.90. The lowest BCUT2D eigenvalue weighted by molar-refractivity contribution is 0.488. The molecule has 0 N–H and O–H groups in total. The number of para-hydroxylation sites is 2. The van der Waals surface area contributed by atoms with Gasteiger partial charge in [0.05, 0.1) is 11.0 Å². The molecule has 2 aliphatic rings. The Balaban J connectivity index is 1.05. The second-order valence-corrected chi connectivity index (χ2v) is 14.8. The Labute approximate surface area is 307 Å². The van der Waals surface area contributed by atoms with E-state index in [1.807, 2.05) is 11.6 Å². The zero-order valence-electron chi connectivity index (χ0n) is 28.2. The topological polar surface area (TPSA) is 14.2 Å². The van der Waals surface area contributed by atoms with Crippen LogP contribution in [0, 0.1) is 0 Å². The van der Waals surface area contributed by atoms with Crippen molar-refractivity contribution in [3.8, 4) is 61.7 Å². The van der Waals surface area contributed by atoms with Crippen molar-refractivity contribution in [3.05, 3.63) is 182 Å². The predicted octanol–water partition coefficient (Wildman–Crippen LogP) is 11.8. The maximum absolute atomic E-state index is 6.90. The van der Waals surface area contributed by atoms with Crippen LogP contribution in [0.3, 0.4) is 0 Å². The fourth-order valence-corrected chi connectivity index (χ4v) is 9.72. The van der Waals surface area contributed by atoms with Crippen molar-refractivity contribution in [3.63, 3.8) is 0 Å². The van der Waals surface area contributed by atoms with Gasteiger partial charge in [-0.15, -0.1) is 0 Å². The molecule has 0 fully saturated rings. The summed E-state index contributed by atoms with van der Waals surface area (Å²) in [5.74, 6) is 1.98. The molecule has 0 radical (unpaired) electrons. The fourth-order valence-electron chi connectivity index (χ4n) is 8.33. The van der Waals surface area contributed by atoms with E-state index in [2.05, 4.69) is 187 Å².